The number of nitrogens with zero attached hydrogens (tertiary/aromatic N) is 2. The zero-order valence-electron chi connectivity index (χ0n) is 9.62. The fourth-order valence-electron chi connectivity index (χ4n) is 1.47. The van der Waals surface area contributed by atoms with Gasteiger partial charge < -0.3 is 15.1 Å². The molecule has 0 radical (unpaired) electrons. The molecular formula is C10H19N3O2. The molecule has 0 aromatic heterocycles. The summed E-state index contributed by atoms with van der Waals surface area (Å²) in [6.45, 7) is 6.72. The monoisotopic (exact) mass is 213 g/mol. The third kappa shape index (κ3) is 3.20. The maximum atomic E-state index is 11.5. The Morgan fingerprint density at radius 3 is 2.53 bits per heavy atom. The van der Waals surface area contributed by atoms with Crippen LogP contribution >= 0.6 is 0 Å². The van der Waals surface area contributed by atoms with E-state index in [0.29, 0.717) is 25.7 Å². The Morgan fingerprint density at radius 2 is 1.93 bits per heavy atom. The largest absolute Gasteiger partial charge is 0.336 e. The Kier molecular flexibility index (Phi) is 4.08. The number of amides is 2. The van der Waals surface area contributed by atoms with E-state index in [2.05, 4.69) is 19.2 Å². The van der Waals surface area contributed by atoms with Gasteiger partial charge in [0, 0.05) is 39.3 Å². The summed E-state index contributed by atoms with van der Waals surface area (Å²) < 4.78 is 0. The minimum absolute atomic E-state index is 0.380. The summed E-state index contributed by atoms with van der Waals surface area (Å²) in [4.78, 5) is 25.9. The Labute approximate surface area is 90.4 Å². The molecule has 2 amide bonds. The lowest BCUT2D eigenvalue weighted by atomic mass is 10.3. The lowest BCUT2D eigenvalue weighted by molar-refractivity contribution is -0.154. The molecule has 5 heteroatoms. The van der Waals surface area contributed by atoms with E-state index in [-0.39, 0.29) is 5.91 Å². The van der Waals surface area contributed by atoms with Crippen molar-refractivity contribution in [2.75, 3.05) is 33.2 Å². The Bertz CT molecular complexity index is 253. The Hall–Kier alpha value is -1.10. The molecule has 0 aromatic carbocycles. The second-order valence-electron chi connectivity index (χ2n) is 4.13. The van der Waals surface area contributed by atoms with Crippen molar-refractivity contribution >= 4 is 11.8 Å². The standard InChI is InChI=1S/C10H19N3O2/c1-8(2)11-4-5-13-7-6-12(3)9(14)10(13)15/h8,11H,4-7H2,1-3H3. The summed E-state index contributed by atoms with van der Waals surface area (Å²) in [6.07, 6.45) is 0. The average molecular weight is 213 g/mol. The van der Waals surface area contributed by atoms with E-state index in [9.17, 15) is 9.59 Å². The van der Waals surface area contributed by atoms with Gasteiger partial charge >= 0.3 is 11.8 Å². The normalized spacial score (nSPS) is 17.9. The number of carbonyl (C=O) groups excluding carboxylic acids is 2. The highest BCUT2D eigenvalue weighted by Gasteiger charge is 2.29. The van der Waals surface area contributed by atoms with Crippen LogP contribution < -0.4 is 5.32 Å². The lowest BCUT2D eigenvalue weighted by Crippen LogP contribution is -2.54. The van der Waals surface area contributed by atoms with Crippen LogP contribution in [0, 0.1) is 0 Å². The zero-order chi connectivity index (χ0) is 11.4. The van der Waals surface area contributed by atoms with Crippen LogP contribution in [-0.2, 0) is 9.59 Å². The Morgan fingerprint density at radius 1 is 1.27 bits per heavy atom. The number of likely N-dealkylation sites (N-methyl/N-ethyl adjacent to an activating group) is 1. The molecule has 15 heavy (non-hydrogen) atoms. The minimum Gasteiger partial charge on any atom is -0.336 e. The van der Waals surface area contributed by atoms with Gasteiger partial charge in [-0.25, -0.2) is 0 Å². The van der Waals surface area contributed by atoms with Gasteiger partial charge in [0.05, 0.1) is 0 Å². The van der Waals surface area contributed by atoms with Crippen molar-refractivity contribution in [3.05, 3.63) is 0 Å². The van der Waals surface area contributed by atoms with Crippen LogP contribution in [0.2, 0.25) is 0 Å². The molecule has 1 N–H and O–H groups in total. The predicted octanol–water partition coefficient (Wildman–Crippen LogP) is -0.715. The molecular weight excluding hydrogens is 194 g/mol. The number of rotatable bonds is 4. The Balaban J connectivity index is 2.36. The SMILES string of the molecule is CC(C)NCCN1CCN(C)C(=O)C1=O. The highest BCUT2D eigenvalue weighted by molar-refractivity contribution is 6.35. The summed E-state index contributed by atoms with van der Waals surface area (Å²) in [6, 6.07) is 0.406. The van der Waals surface area contributed by atoms with E-state index in [1.807, 2.05) is 0 Å². The molecule has 1 fully saturated rings. The summed E-state index contributed by atoms with van der Waals surface area (Å²) in [5, 5.41) is 3.22. The number of hydrogen-bond donors (Lipinski definition) is 1. The predicted molar refractivity (Wildman–Crippen MR) is 57.4 cm³/mol. The molecule has 1 saturated heterocycles. The van der Waals surface area contributed by atoms with Gasteiger partial charge in [-0.05, 0) is 0 Å². The van der Waals surface area contributed by atoms with Crippen LogP contribution in [0.5, 0.6) is 0 Å². The van der Waals surface area contributed by atoms with E-state index in [1.54, 1.807) is 11.9 Å². The summed E-state index contributed by atoms with van der Waals surface area (Å²) in [7, 11) is 1.66. The molecule has 0 atom stereocenters. The van der Waals surface area contributed by atoms with E-state index in [0.717, 1.165) is 6.54 Å². The van der Waals surface area contributed by atoms with Crippen molar-refractivity contribution in [3.8, 4) is 0 Å². The first-order valence-corrected chi connectivity index (χ1v) is 5.30. The molecule has 0 unspecified atom stereocenters. The van der Waals surface area contributed by atoms with Crippen LogP contribution in [0.25, 0.3) is 0 Å². The van der Waals surface area contributed by atoms with Crippen LogP contribution in [0.1, 0.15) is 13.8 Å². The quantitative estimate of drug-likeness (QED) is 0.627. The van der Waals surface area contributed by atoms with Crippen molar-refractivity contribution in [1.82, 2.24) is 15.1 Å². The summed E-state index contributed by atoms with van der Waals surface area (Å²) in [5.41, 5.74) is 0. The van der Waals surface area contributed by atoms with Crippen LogP contribution in [0.3, 0.4) is 0 Å². The fourth-order valence-corrected chi connectivity index (χ4v) is 1.47. The molecule has 1 aliphatic heterocycles. The van der Waals surface area contributed by atoms with Gasteiger partial charge in [-0.1, -0.05) is 13.8 Å². The third-order valence-electron chi connectivity index (χ3n) is 2.46. The molecule has 86 valence electrons. The van der Waals surface area contributed by atoms with Gasteiger partial charge in [0.2, 0.25) is 0 Å². The van der Waals surface area contributed by atoms with Gasteiger partial charge in [-0.2, -0.15) is 0 Å². The van der Waals surface area contributed by atoms with Crippen molar-refractivity contribution < 1.29 is 9.59 Å². The van der Waals surface area contributed by atoms with Crippen LogP contribution in [-0.4, -0.2) is 60.9 Å². The summed E-state index contributed by atoms with van der Waals surface area (Å²) >= 11 is 0. The second-order valence-corrected chi connectivity index (χ2v) is 4.13. The maximum absolute atomic E-state index is 11.5. The molecule has 0 aliphatic carbocycles. The molecule has 5 nitrogen and oxygen atoms in total. The first-order chi connectivity index (χ1) is 7.02. The van der Waals surface area contributed by atoms with Crippen molar-refractivity contribution in [2.24, 2.45) is 0 Å². The zero-order valence-corrected chi connectivity index (χ0v) is 9.62. The van der Waals surface area contributed by atoms with E-state index in [1.165, 1.54) is 4.90 Å². The van der Waals surface area contributed by atoms with E-state index in [4.69, 9.17) is 0 Å². The minimum atomic E-state index is -0.397. The molecule has 0 spiro atoms. The number of nitrogens with one attached hydrogen (secondary N) is 1. The van der Waals surface area contributed by atoms with Gasteiger partial charge in [0.1, 0.15) is 0 Å². The molecule has 0 aromatic rings. The maximum Gasteiger partial charge on any atom is 0.312 e. The first kappa shape index (κ1) is 12.0. The van der Waals surface area contributed by atoms with Crippen LogP contribution in [0.4, 0.5) is 0 Å². The van der Waals surface area contributed by atoms with E-state index >= 15 is 0 Å². The lowest BCUT2D eigenvalue weighted by Gasteiger charge is -2.31. The smallest absolute Gasteiger partial charge is 0.312 e. The average Bonchev–Trinajstić information content (AvgIpc) is 2.18. The highest BCUT2D eigenvalue weighted by atomic mass is 16.2. The summed E-state index contributed by atoms with van der Waals surface area (Å²) in [5.74, 6) is -0.778. The topological polar surface area (TPSA) is 52.6 Å². The molecule has 0 bridgehead atoms. The van der Waals surface area contributed by atoms with Crippen molar-refractivity contribution in [1.29, 1.82) is 0 Å². The van der Waals surface area contributed by atoms with Gasteiger partial charge in [0.15, 0.2) is 0 Å². The number of piperazine rings is 1. The van der Waals surface area contributed by atoms with Gasteiger partial charge in [0.25, 0.3) is 0 Å². The van der Waals surface area contributed by atoms with Gasteiger partial charge in [-0.15, -0.1) is 0 Å². The third-order valence-corrected chi connectivity index (χ3v) is 2.46. The second kappa shape index (κ2) is 5.11. The first-order valence-electron chi connectivity index (χ1n) is 5.30. The molecule has 1 rings (SSSR count). The molecule has 1 aliphatic rings. The van der Waals surface area contributed by atoms with Crippen LogP contribution in [0.15, 0.2) is 0 Å². The van der Waals surface area contributed by atoms with Crippen molar-refractivity contribution in [3.63, 3.8) is 0 Å². The molecule has 0 saturated carbocycles. The number of carbonyl (C=O) groups is 2. The number of hydrogen-bond acceptors (Lipinski definition) is 3. The molecule has 1 heterocycles. The van der Waals surface area contributed by atoms with Crippen molar-refractivity contribution in [2.45, 2.75) is 19.9 Å². The fraction of sp³-hybridized carbons (Fsp3) is 0.800. The highest BCUT2D eigenvalue weighted by Crippen LogP contribution is 2.01. The van der Waals surface area contributed by atoms with Gasteiger partial charge in [-0.3, -0.25) is 9.59 Å². The van der Waals surface area contributed by atoms with E-state index < -0.39 is 5.91 Å².